The molecule has 1 heterocycles. The second-order valence-corrected chi connectivity index (χ2v) is 8.80. The van der Waals surface area contributed by atoms with Crippen molar-refractivity contribution < 1.29 is 9.53 Å². The Morgan fingerprint density at radius 3 is 2.58 bits per heavy atom. The summed E-state index contributed by atoms with van der Waals surface area (Å²) in [6.45, 7) is 0. The first-order valence-electron chi connectivity index (χ1n) is 9.67. The number of thiazole rings is 1. The fourth-order valence-corrected chi connectivity index (χ4v) is 5.35. The van der Waals surface area contributed by atoms with Crippen molar-refractivity contribution in [1.29, 1.82) is 0 Å². The largest absolute Gasteiger partial charge is 0.495 e. The van der Waals surface area contributed by atoms with Crippen LogP contribution in [0.25, 0.3) is 31.6 Å². The lowest BCUT2D eigenvalue weighted by Gasteiger charge is -2.14. The van der Waals surface area contributed by atoms with E-state index in [2.05, 4.69) is 27.3 Å². The molecule has 1 amide bonds. The number of benzene rings is 4. The van der Waals surface area contributed by atoms with Crippen LogP contribution in [-0.4, -0.2) is 18.0 Å². The van der Waals surface area contributed by atoms with Crippen LogP contribution < -0.4 is 10.1 Å². The molecule has 5 aromatic rings. The first-order valence-corrected chi connectivity index (χ1v) is 11.3. The molecule has 152 valence electrons. The van der Waals surface area contributed by atoms with Gasteiger partial charge in [0.1, 0.15) is 10.8 Å². The number of nitrogens with zero attached hydrogens (tertiary/aromatic N) is 1. The fourth-order valence-electron chi connectivity index (χ4n) is 3.61. The first-order chi connectivity index (χ1) is 15.2. The molecule has 0 aliphatic rings. The first kappa shape index (κ1) is 19.7. The third kappa shape index (κ3) is 3.58. The Kier molecular flexibility index (Phi) is 5.18. The minimum Gasteiger partial charge on any atom is -0.495 e. The number of fused-ring (bicyclic) bond motifs is 2. The van der Waals surface area contributed by atoms with E-state index < -0.39 is 0 Å². The zero-order valence-corrected chi connectivity index (χ0v) is 19.0. The number of hydrogen-bond acceptors (Lipinski definition) is 4. The highest BCUT2D eigenvalue weighted by molar-refractivity contribution is 9.10. The maximum Gasteiger partial charge on any atom is 0.259 e. The number of halogens is 1. The number of carbonyl (C=O) groups is 1. The molecule has 0 aliphatic heterocycles. The fraction of sp³-hybridized carbons (Fsp3) is 0.0400. The normalized spacial score (nSPS) is 11.0. The van der Waals surface area contributed by atoms with E-state index in [9.17, 15) is 4.79 Å². The van der Waals surface area contributed by atoms with Gasteiger partial charge < -0.3 is 10.1 Å². The molecule has 5 rings (SSSR count). The van der Waals surface area contributed by atoms with Crippen molar-refractivity contribution in [3.05, 3.63) is 88.9 Å². The van der Waals surface area contributed by atoms with Gasteiger partial charge in [0.2, 0.25) is 0 Å². The summed E-state index contributed by atoms with van der Waals surface area (Å²) in [4.78, 5) is 18.1. The van der Waals surface area contributed by atoms with Gasteiger partial charge in [-0.05, 0) is 57.0 Å². The molecule has 4 nitrogen and oxygen atoms in total. The molecule has 0 radical (unpaired) electrons. The molecule has 0 saturated heterocycles. The predicted molar refractivity (Wildman–Crippen MR) is 131 cm³/mol. The van der Waals surface area contributed by atoms with Crippen molar-refractivity contribution in [2.75, 3.05) is 12.4 Å². The number of methoxy groups -OCH3 is 1. The highest BCUT2D eigenvalue weighted by Gasteiger charge is 2.20. The summed E-state index contributed by atoms with van der Waals surface area (Å²) in [5.41, 5.74) is 3.00. The average molecular weight is 489 g/mol. The highest BCUT2D eigenvalue weighted by atomic mass is 79.9. The standard InChI is InChI=1S/C25H17BrN2O2S/c1-30-23-18(14-15-8-2-3-9-16(15)22(23)26)24(29)27-19-11-5-4-10-17(19)25-28-20-12-6-7-13-21(20)31-25/h2-14H,1H3,(H,27,29). The van der Waals surface area contributed by atoms with E-state index in [0.717, 1.165) is 36.0 Å². The van der Waals surface area contributed by atoms with Crippen LogP contribution in [0.1, 0.15) is 10.4 Å². The Hall–Kier alpha value is -3.22. The van der Waals surface area contributed by atoms with Gasteiger partial charge >= 0.3 is 0 Å². The highest BCUT2D eigenvalue weighted by Crippen LogP contribution is 2.38. The number of anilines is 1. The van der Waals surface area contributed by atoms with Crippen LogP contribution in [0.2, 0.25) is 0 Å². The molecule has 6 heteroatoms. The summed E-state index contributed by atoms with van der Waals surface area (Å²) in [6.07, 6.45) is 0. The van der Waals surface area contributed by atoms with Crippen LogP contribution in [0.15, 0.2) is 83.3 Å². The van der Waals surface area contributed by atoms with Crippen molar-refractivity contribution >= 4 is 59.9 Å². The second kappa shape index (κ2) is 8.13. The van der Waals surface area contributed by atoms with Crippen LogP contribution in [0.5, 0.6) is 5.75 Å². The zero-order valence-electron chi connectivity index (χ0n) is 16.6. The molecule has 0 fully saturated rings. The Morgan fingerprint density at radius 1 is 1.00 bits per heavy atom. The van der Waals surface area contributed by atoms with E-state index in [-0.39, 0.29) is 5.91 Å². The minimum atomic E-state index is -0.239. The lowest BCUT2D eigenvalue weighted by Crippen LogP contribution is -2.14. The number of amides is 1. The maximum atomic E-state index is 13.3. The Labute approximate surface area is 191 Å². The Morgan fingerprint density at radius 2 is 1.74 bits per heavy atom. The molecule has 0 bridgehead atoms. The van der Waals surface area contributed by atoms with Gasteiger partial charge in [-0.1, -0.05) is 48.5 Å². The number of nitrogens with one attached hydrogen (secondary N) is 1. The van der Waals surface area contributed by atoms with E-state index in [1.165, 1.54) is 0 Å². The smallest absolute Gasteiger partial charge is 0.259 e. The van der Waals surface area contributed by atoms with Gasteiger partial charge in [0.15, 0.2) is 0 Å². The number of aromatic nitrogens is 1. The number of ether oxygens (including phenoxy) is 1. The molecule has 0 saturated carbocycles. The Bertz CT molecular complexity index is 1410. The second-order valence-electron chi connectivity index (χ2n) is 6.98. The SMILES string of the molecule is COc1c(C(=O)Nc2ccccc2-c2nc3ccccc3s2)cc2ccccc2c1Br. The molecule has 31 heavy (non-hydrogen) atoms. The van der Waals surface area contributed by atoms with Gasteiger partial charge in [-0.2, -0.15) is 0 Å². The zero-order chi connectivity index (χ0) is 21.4. The van der Waals surface area contributed by atoms with Crippen molar-refractivity contribution in [3.8, 4) is 16.3 Å². The van der Waals surface area contributed by atoms with E-state index >= 15 is 0 Å². The summed E-state index contributed by atoms with van der Waals surface area (Å²) >= 11 is 5.21. The molecule has 0 spiro atoms. The average Bonchev–Trinajstić information content (AvgIpc) is 3.23. The van der Waals surface area contributed by atoms with Crippen LogP contribution >= 0.6 is 27.3 Å². The summed E-state index contributed by atoms with van der Waals surface area (Å²) in [5.74, 6) is 0.269. The van der Waals surface area contributed by atoms with Gasteiger partial charge in [0, 0.05) is 5.56 Å². The number of hydrogen-bond donors (Lipinski definition) is 1. The van der Waals surface area contributed by atoms with Crippen LogP contribution in [0.3, 0.4) is 0 Å². The van der Waals surface area contributed by atoms with Crippen LogP contribution in [0, 0.1) is 0 Å². The van der Waals surface area contributed by atoms with Crippen molar-refractivity contribution in [1.82, 2.24) is 4.98 Å². The molecular weight excluding hydrogens is 472 g/mol. The summed E-state index contributed by atoms with van der Waals surface area (Å²) < 4.78 is 7.45. The quantitative estimate of drug-likeness (QED) is 0.292. The van der Waals surface area contributed by atoms with Crippen LogP contribution in [0.4, 0.5) is 5.69 Å². The van der Waals surface area contributed by atoms with Gasteiger partial charge in [-0.25, -0.2) is 4.98 Å². The lowest BCUT2D eigenvalue weighted by molar-refractivity contribution is 0.102. The summed E-state index contributed by atoms with van der Waals surface area (Å²) in [7, 11) is 1.57. The Balaban J connectivity index is 1.56. The third-order valence-corrected chi connectivity index (χ3v) is 6.95. The topological polar surface area (TPSA) is 51.2 Å². The van der Waals surface area contributed by atoms with Gasteiger partial charge in [0.05, 0.1) is 33.0 Å². The number of carbonyl (C=O) groups excluding carboxylic acids is 1. The maximum absolute atomic E-state index is 13.3. The van der Waals surface area contributed by atoms with Crippen molar-refractivity contribution in [3.63, 3.8) is 0 Å². The molecule has 0 unspecified atom stereocenters. The van der Waals surface area contributed by atoms with Crippen molar-refractivity contribution in [2.24, 2.45) is 0 Å². The number of para-hydroxylation sites is 2. The molecule has 0 aliphatic carbocycles. The van der Waals surface area contributed by atoms with Crippen molar-refractivity contribution in [2.45, 2.75) is 0 Å². The third-order valence-electron chi connectivity index (χ3n) is 5.09. The van der Waals surface area contributed by atoms with E-state index in [0.29, 0.717) is 17.0 Å². The van der Waals surface area contributed by atoms with Gasteiger partial charge in [-0.15, -0.1) is 11.3 Å². The lowest BCUT2D eigenvalue weighted by atomic mass is 10.0. The summed E-state index contributed by atoms with van der Waals surface area (Å²) in [6, 6.07) is 25.5. The monoisotopic (exact) mass is 488 g/mol. The summed E-state index contributed by atoms with van der Waals surface area (Å²) in [5, 5.41) is 5.88. The van der Waals surface area contributed by atoms with E-state index in [1.54, 1.807) is 18.4 Å². The van der Waals surface area contributed by atoms with E-state index in [4.69, 9.17) is 9.72 Å². The molecular formula is C25H17BrN2O2S. The van der Waals surface area contributed by atoms with Gasteiger partial charge in [0.25, 0.3) is 5.91 Å². The van der Waals surface area contributed by atoms with Gasteiger partial charge in [-0.3, -0.25) is 4.79 Å². The molecule has 4 aromatic carbocycles. The number of rotatable bonds is 4. The molecule has 0 atom stereocenters. The predicted octanol–water partition coefficient (Wildman–Crippen LogP) is 7.14. The molecule has 1 aromatic heterocycles. The minimum absolute atomic E-state index is 0.239. The molecule has 1 N–H and O–H groups in total. The van der Waals surface area contributed by atoms with Crippen LogP contribution in [-0.2, 0) is 0 Å². The van der Waals surface area contributed by atoms with E-state index in [1.807, 2.05) is 72.8 Å².